The van der Waals surface area contributed by atoms with Crippen LogP contribution in [0.2, 0.25) is 0 Å². The molecule has 1 aromatic carbocycles. The smallest absolute Gasteiger partial charge is 0.251 e. The van der Waals surface area contributed by atoms with Crippen molar-refractivity contribution in [1.29, 1.82) is 0 Å². The number of Topliss-reactive ketones (excluding diaryl/α,β-unsaturated/α-hetero) is 1. The van der Waals surface area contributed by atoms with E-state index in [-0.39, 0.29) is 23.5 Å². The van der Waals surface area contributed by atoms with Gasteiger partial charge in [0.2, 0.25) is 5.91 Å². The third kappa shape index (κ3) is 8.91. The van der Waals surface area contributed by atoms with E-state index in [0.29, 0.717) is 24.2 Å². The Morgan fingerprint density at radius 3 is 2.38 bits per heavy atom. The number of amides is 2. The van der Waals surface area contributed by atoms with E-state index in [9.17, 15) is 14.4 Å². The number of hydrogen-bond acceptors (Lipinski definition) is 5. The zero-order valence-corrected chi connectivity index (χ0v) is 20.0. The molecule has 2 aromatic rings. The summed E-state index contributed by atoms with van der Waals surface area (Å²) in [6.07, 6.45) is 5.26. The quantitative estimate of drug-likeness (QED) is 0.309. The molecule has 0 unspecified atom stereocenters. The average Bonchev–Trinajstić information content (AvgIpc) is 3.30. The molecule has 174 valence electrons. The molecule has 7 heteroatoms. The fourth-order valence-electron chi connectivity index (χ4n) is 3.22. The summed E-state index contributed by atoms with van der Waals surface area (Å²) in [6, 6.07) is 11.7. The van der Waals surface area contributed by atoms with Gasteiger partial charge in [0.25, 0.3) is 5.91 Å². The number of carbonyl (C=O) groups is 3. The van der Waals surface area contributed by atoms with Crippen molar-refractivity contribution in [2.45, 2.75) is 70.0 Å². The van der Waals surface area contributed by atoms with Gasteiger partial charge in [0.1, 0.15) is 17.2 Å². The second-order valence-electron chi connectivity index (χ2n) is 8.22. The van der Waals surface area contributed by atoms with Crippen molar-refractivity contribution < 1.29 is 18.8 Å². The van der Waals surface area contributed by atoms with Crippen LogP contribution >= 0.6 is 11.8 Å². The van der Waals surface area contributed by atoms with Gasteiger partial charge in [0.15, 0.2) is 5.78 Å². The van der Waals surface area contributed by atoms with Crippen LogP contribution in [-0.4, -0.2) is 29.0 Å². The third-order valence-corrected chi connectivity index (χ3v) is 6.10. The number of furan rings is 1. The highest BCUT2D eigenvalue weighted by molar-refractivity contribution is 7.99. The molecule has 2 N–H and O–H groups in total. The number of benzene rings is 1. The van der Waals surface area contributed by atoms with E-state index in [2.05, 4.69) is 17.6 Å². The van der Waals surface area contributed by atoms with E-state index in [4.69, 9.17) is 4.42 Å². The van der Waals surface area contributed by atoms with Crippen molar-refractivity contribution in [2.75, 3.05) is 0 Å². The van der Waals surface area contributed by atoms with Crippen LogP contribution in [0, 0.1) is 5.92 Å². The molecule has 0 aliphatic rings. The van der Waals surface area contributed by atoms with Gasteiger partial charge in [0.05, 0.1) is 12.0 Å². The Labute approximate surface area is 194 Å². The lowest BCUT2D eigenvalue weighted by atomic mass is 10.0. The molecule has 2 amide bonds. The van der Waals surface area contributed by atoms with Gasteiger partial charge in [0, 0.05) is 12.0 Å². The largest absolute Gasteiger partial charge is 0.468 e. The van der Waals surface area contributed by atoms with Gasteiger partial charge in [-0.2, -0.15) is 0 Å². The van der Waals surface area contributed by atoms with Crippen LogP contribution in [0.3, 0.4) is 0 Å². The number of ketones is 1. The molecule has 0 radical (unpaired) electrons. The lowest BCUT2D eigenvalue weighted by Gasteiger charge is -2.24. The fourth-order valence-corrected chi connectivity index (χ4v) is 4.22. The topological polar surface area (TPSA) is 88.4 Å². The van der Waals surface area contributed by atoms with Crippen LogP contribution in [0.1, 0.15) is 69.0 Å². The Morgan fingerprint density at radius 2 is 1.75 bits per heavy atom. The van der Waals surface area contributed by atoms with Crippen molar-refractivity contribution >= 4 is 29.4 Å². The van der Waals surface area contributed by atoms with Crippen molar-refractivity contribution in [3.05, 3.63) is 60.1 Å². The van der Waals surface area contributed by atoms with Crippen molar-refractivity contribution in [3.63, 3.8) is 0 Å². The maximum absolute atomic E-state index is 13.1. The van der Waals surface area contributed by atoms with Gasteiger partial charge in [-0.3, -0.25) is 14.4 Å². The van der Waals surface area contributed by atoms with Crippen LogP contribution in [-0.2, 0) is 15.3 Å². The monoisotopic (exact) mass is 458 g/mol. The predicted molar refractivity (Wildman–Crippen MR) is 128 cm³/mol. The Balaban J connectivity index is 2.08. The fraction of sp³-hybridized carbons (Fsp3) is 0.480. The lowest BCUT2D eigenvalue weighted by Crippen LogP contribution is -2.51. The zero-order valence-electron chi connectivity index (χ0n) is 19.1. The van der Waals surface area contributed by atoms with Gasteiger partial charge >= 0.3 is 0 Å². The molecule has 0 aliphatic heterocycles. The predicted octanol–water partition coefficient (Wildman–Crippen LogP) is 4.95. The molecule has 0 fully saturated rings. The van der Waals surface area contributed by atoms with Crippen molar-refractivity contribution in [2.24, 2.45) is 5.92 Å². The molecule has 0 aliphatic carbocycles. The number of hydrogen-bond donors (Lipinski definition) is 2. The molecule has 0 bridgehead atoms. The zero-order chi connectivity index (χ0) is 23.3. The van der Waals surface area contributed by atoms with E-state index in [1.165, 1.54) is 11.8 Å². The summed E-state index contributed by atoms with van der Waals surface area (Å²) in [5.74, 6) is 0.746. The first-order chi connectivity index (χ1) is 15.4. The molecule has 2 atom stereocenters. The summed E-state index contributed by atoms with van der Waals surface area (Å²) in [5.41, 5.74) is 0.494. The van der Waals surface area contributed by atoms with Gasteiger partial charge in [-0.15, -0.1) is 11.8 Å². The first kappa shape index (κ1) is 25.7. The SMILES string of the molecule is CCCCCC(=O)[C@@H](NC(=O)[C@H](CC(C)C)NC(=O)c1ccccc1)SCc1ccco1. The minimum Gasteiger partial charge on any atom is -0.468 e. The molecular weight excluding hydrogens is 424 g/mol. The van der Waals surface area contributed by atoms with Gasteiger partial charge in [-0.25, -0.2) is 0 Å². The van der Waals surface area contributed by atoms with Crippen molar-refractivity contribution in [3.8, 4) is 0 Å². The number of rotatable bonds is 14. The standard InChI is InChI=1S/C25H34N2O4S/c1-4-5-7-14-22(28)25(32-17-20-13-10-15-31-20)27-24(30)21(16-18(2)3)26-23(29)19-11-8-6-9-12-19/h6,8-13,15,18,21,25H,4-5,7,14,16-17H2,1-3H3,(H,26,29)(H,27,30)/t21-,25-/m0/s1. The van der Waals surface area contributed by atoms with Crippen LogP contribution in [0.5, 0.6) is 0 Å². The van der Waals surface area contributed by atoms with Crippen molar-refractivity contribution in [1.82, 2.24) is 10.6 Å². The third-order valence-electron chi connectivity index (χ3n) is 4.93. The highest BCUT2D eigenvalue weighted by Crippen LogP contribution is 2.20. The molecular formula is C25H34N2O4S. The molecule has 6 nitrogen and oxygen atoms in total. The highest BCUT2D eigenvalue weighted by atomic mass is 32.2. The minimum atomic E-state index is -0.724. The highest BCUT2D eigenvalue weighted by Gasteiger charge is 2.28. The number of thioether (sulfide) groups is 1. The maximum Gasteiger partial charge on any atom is 0.251 e. The summed E-state index contributed by atoms with van der Waals surface area (Å²) in [4.78, 5) is 38.6. The van der Waals surface area contributed by atoms with Crippen LogP contribution in [0.25, 0.3) is 0 Å². The molecule has 1 aromatic heterocycles. The van der Waals surface area contributed by atoms with E-state index >= 15 is 0 Å². The molecule has 2 rings (SSSR count). The van der Waals surface area contributed by atoms with Gasteiger partial charge in [-0.1, -0.05) is 51.8 Å². The Bertz CT molecular complexity index is 837. The van der Waals surface area contributed by atoms with E-state index in [1.807, 2.05) is 26.0 Å². The summed E-state index contributed by atoms with van der Waals surface area (Å²) in [6.45, 7) is 6.07. The number of unbranched alkanes of at least 4 members (excludes halogenated alkanes) is 2. The van der Waals surface area contributed by atoms with Gasteiger partial charge < -0.3 is 15.1 Å². The summed E-state index contributed by atoms with van der Waals surface area (Å²) in [7, 11) is 0. The molecule has 1 heterocycles. The molecule has 0 saturated heterocycles. The summed E-state index contributed by atoms with van der Waals surface area (Å²) < 4.78 is 5.37. The number of carbonyl (C=O) groups excluding carboxylic acids is 3. The second kappa shape index (κ2) is 13.8. The first-order valence-corrected chi connectivity index (χ1v) is 12.3. The number of nitrogens with one attached hydrogen (secondary N) is 2. The maximum atomic E-state index is 13.1. The Hall–Kier alpha value is -2.54. The first-order valence-electron chi connectivity index (χ1n) is 11.2. The normalized spacial score (nSPS) is 12.9. The Kier molecular flexibility index (Phi) is 11.1. The Morgan fingerprint density at radius 1 is 1.00 bits per heavy atom. The average molecular weight is 459 g/mol. The second-order valence-corrected chi connectivity index (χ2v) is 9.32. The minimum absolute atomic E-state index is 0.0129. The van der Waals surface area contributed by atoms with Crippen LogP contribution in [0.15, 0.2) is 53.1 Å². The van der Waals surface area contributed by atoms with E-state index in [1.54, 1.807) is 36.6 Å². The molecule has 0 spiro atoms. The van der Waals surface area contributed by atoms with Gasteiger partial charge in [-0.05, 0) is 43.0 Å². The van der Waals surface area contributed by atoms with Crippen LogP contribution < -0.4 is 10.6 Å². The summed E-state index contributed by atoms with van der Waals surface area (Å²) in [5, 5.41) is 5.04. The lowest BCUT2D eigenvalue weighted by molar-refractivity contribution is -0.127. The molecule has 32 heavy (non-hydrogen) atoms. The van der Waals surface area contributed by atoms with E-state index in [0.717, 1.165) is 25.0 Å². The van der Waals surface area contributed by atoms with E-state index < -0.39 is 11.4 Å². The van der Waals surface area contributed by atoms with Crippen LogP contribution in [0.4, 0.5) is 0 Å². The summed E-state index contributed by atoms with van der Waals surface area (Å²) >= 11 is 1.34. The molecule has 0 saturated carbocycles.